The molecule has 0 aliphatic carbocycles. The highest BCUT2D eigenvalue weighted by Crippen LogP contribution is 2.46. The molecule has 0 amide bonds. The Bertz CT molecular complexity index is 3440. The fourth-order valence-corrected chi connectivity index (χ4v) is 8.93. The molecule has 0 radical (unpaired) electrons. The molecule has 0 unspecified atom stereocenters. The molecule has 0 aliphatic heterocycles. The molecule has 0 spiro atoms. The van der Waals surface area contributed by atoms with Crippen molar-refractivity contribution in [3.05, 3.63) is 182 Å². The van der Waals surface area contributed by atoms with Gasteiger partial charge in [-0.3, -0.25) is 0 Å². The molecule has 2 heteroatoms. The number of hydrogen-bond donors (Lipinski definition) is 0. The summed E-state index contributed by atoms with van der Waals surface area (Å²) in [7, 11) is 0. The minimum atomic E-state index is 0.838. The lowest BCUT2D eigenvalue weighted by Crippen LogP contribution is -1.91. The molecule has 250 valence electrons. The zero-order valence-electron chi connectivity index (χ0n) is 29.1. The van der Waals surface area contributed by atoms with Crippen molar-refractivity contribution >= 4 is 87.0 Å². The minimum absolute atomic E-state index is 0.838. The van der Waals surface area contributed by atoms with Gasteiger partial charge in [0, 0.05) is 27.6 Å². The lowest BCUT2D eigenvalue weighted by molar-refractivity contribution is 0.656. The Morgan fingerprint density at radius 2 is 0.741 bits per heavy atom. The van der Waals surface area contributed by atoms with Gasteiger partial charge in [-0.2, -0.15) is 0 Å². The van der Waals surface area contributed by atoms with Crippen LogP contribution >= 0.6 is 0 Å². The zero-order chi connectivity index (χ0) is 35.3. The number of benzene rings is 10. The summed E-state index contributed by atoms with van der Waals surface area (Å²) < 4.78 is 12.6. The van der Waals surface area contributed by atoms with Crippen molar-refractivity contribution in [3.8, 4) is 33.4 Å². The van der Waals surface area contributed by atoms with Crippen molar-refractivity contribution in [2.24, 2.45) is 0 Å². The van der Waals surface area contributed by atoms with Crippen LogP contribution in [0, 0.1) is 0 Å². The molecule has 0 bridgehead atoms. The molecule has 0 saturated carbocycles. The number of fused-ring (bicyclic) bond motifs is 10. The van der Waals surface area contributed by atoms with Crippen molar-refractivity contribution in [3.63, 3.8) is 0 Å². The topological polar surface area (TPSA) is 26.3 Å². The summed E-state index contributed by atoms with van der Waals surface area (Å²) in [4.78, 5) is 0. The fraction of sp³-hybridized carbons (Fsp3) is 0. The Morgan fingerprint density at radius 3 is 1.48 bits per heavy atom. The summed E-state index contributed by atoms with van der Waals surface area (Å²) in [5.74, 6) is 0. The van der Waals surface area contributed by atoms with E-state index >= 15 is 0 Å². The lowest BCUT2D eigenvalue weighted by Gasteiger charge is -2.19. The number of furan rings is 2. The Balaban J connectivity index is 0.981. The molecule has 0 saturated heterocycles. The van der Waals surface area contributed by atoms with Gasteiger partial charge in [0.2, 0.25) is 0 Å². The van der Waals surface area contributed by atoms with Crippen molar-refractivity contribution in [2.45, 2.75) is 0 Å². The average Bonchev–Trinajstić information content (AvgIpc) is 3.78. The van der Waals surface area contributed by atoms with E-state index in [1.54, 1.807) is 0 Å². The van der Waals surface area contributed by atoms with Gasteiger partial charge in [0.1, 0.15) is 22.3 Å². The van der Waals surface area contributed by atoms with E-state index in [1.807, 2.05) is 18.2 Å². The standard InChI is InChI=1S/C52H30O2/c1-2-12-37-31(10-1)11-9-18-40(37)52-43-16-5-3-14-41(43)51(42-15-4-6-17-44(42)52)36-23-22-32-26-33(20-21-34(32)27-36)35-24-25-39-46-29-45-38-13-7-8-19-47(38)53-49(45)30-50(46)54-48(39)28-35/h1-30H. The van der Waals surface area contributed by atoms with Gasteiger partial charge in [-0.1, -0.05) is 140 Å². The van der Waals surface area contributed by atoms with Gasteiger partial charge < -0.3 is 8.83 Å². The second-order valence-corrected chi connectivity index (χ2v) is 14.4. The lowest BCUT2D eigenvalue weighted by atomic mass is 9.84. The first-order valence-electron chi connectivity index (χ1n) is 18.5. The Morgan fingerprint density at radius 1 is 0.241 bits per heavy atom. The second-order valence-electron chi connectivity index (χ2n) is 14.4. The van der Waals surface area contributed by atoms with E-state index in [0.29, 0.717) is 0 Å². The van der Waals surface area contributed by atoms with Crippen LogP contribution in [0.3, 0.4) is 0 Å². The van der Waals surface area contributed by atoms with Gasteiger partial charge in [0.15, 0.2) is 0 Å². The molecule has 12 aromatic rings. The third kappa shape index (κ3) is 4.28. The summed E-state index contributed by atoms with van der Waals surface area (Å²) in [6, 6.07) is 65.9. The molecular formula is C52H30O2. The predicted molar refractivity (Wildman–Crippen MR) is 227 cm³/mol. The highest BCUT2D eigenvalue weighted by Gasteiger charge is 2.19. The highest BCUT2D eigenvalue weighted by atomic mass is 16.3. The van der Waals surface area contributed by atoms with Gasteiger partial charge in [0.25, 0.3) is 0 Å². The first-order chi connectivity index (χ1) is 26.7. The van der Waals surface area contributed by atoms with Gasteiger partial charge in [-0.25, -0.2) is 0 Å². The number of para-hydroxylation sites is 1. The molecule has 54 heavy (non-hydrogen) atoms. The van der Waals surface area contributed by atoms with E-state index in [4.69, 9.17) is 8.83 Å². The van der Waals surface area contributed by atoms with Crippen LogP contribution in [0.15, 0.2) is 191 Å². The maximum atomic E-state index is 6.44. The SMILES string of the molecule is c1ccc2c(-c3c4ccccc4c(-c4ccc5cc(-c6ccc7c(c6)oc6cc8oc9ccccc9c8cc67)ccc5c4)c4ccccc34)cccc2c1. The van der Waals surface area contributed by atoms with E-state index in [2.05, 4.69) is 164 Å². The summed E-state index contributed by atoms with van der Waals surface area (Å²) in [5.41, 5.74) is 10.8. The normalized spacial score (nSPS) is 12.1. The first kappa shape index (κ1) is 29.4. The van der Waals surface area contributed by atoms with Crippen LogP contribution in [0.25, 0.3) is 120 Å². The predicted octanol–water partition coefficient (Wildman–Crippen LogP) is 15.1. The zero-order valence-corrected chi connectivity index (χ0v) is 29.1. The number of hydrogen-bond acceptors (Lipinski definition) is 2. The summed E-state index contributed by atoms with van der Waals surface area (Å²) in [5, 5.41) is 14.4. The minimum Gasteiger partial charge on any atom is -0.456 e. The van der Waals surface area contributed by atoms with Gasteiger partial charge >= 0.3 is 0 Å². The second kappa shape index (κ2) is 11.2. The molecule has 12 rings (SSSR count). The van der Waals surface area contributed by atoms with Crippen molar-refractivity contribution in [2.75, 3.05) is 0 Å². The molecule has 0 atom stereocenters. The van der Waals surface area contributed by atoms with Crippen molar-refractivity contribution in [1.82, 2.24) is 0 Å². The Kier molecular flexibility index (Phi) is 6.09. The van der Waals surface area contributed by atoms with Gasteiger partial charge in [0.05, 0.1) is 0 Å². The molecule has 2 aromatic heterocycles. The van der Waals surface area contributed by atoms with E-state index in [-0.39, 0.29) is 0 Å². The Labute approximate surface area is 310 Å². The third-order valence-electron chi connectivity index (χ3n) is 11.4. The van der Waals surface area contributed by atoms with Crippen molar-refractivity contribution in [1.29, 1.82) is 0 Å². The van der Waals surface area contributed by atoms with Crippen LogP contribution < -0.4 is 0 Å². The average molecular weight is 687 g/mol. The van der Waals surface area contributed by atoms with Gasteiger partial charge in [-0.15, -0.1) is 0 Å². The number of rotatable bonds is 3. The summed E-state index contributed by atoms with van der Waals surface area (Å²) >= 11 is 0. The van der Waals surface area contributed by atoms with E-state index in [9.17, 15) is 0 Å². The van der Waals surface area contributed by atoms with Crippen LogP contribution in [0.4, 0.5) is 0 Å². The fourth-order valence-electron chi connectivity index (χ4n) is 8.93. The molecule has 2 heterocycles. The molecule has 2 nitrogen and oxygen atoms in total. The maximum Gasteiger partial charge on any atom is 0.139 e. The van der Waals surface area contributed by atoms with Crippen LogP contribution in [0.2, 0.25) is 0 Å². The molecule has 0 aliphatic rings. The Hall–Kier alpha value is -7.16. The molecular weight excluding hydrogens is 657 g/mol. The molecule has 10 aromatic carbocycles. The van der Waals surface area contributed by atoms with E-state index in [1.165, 1.54) is 65.3 Å². The van der Waals surface area contributed by atoms with Crippen LogP contribution in [0.1, 0.15) is 0 Å². The van der Waals surface area contributed by atoms with Crippen molar-refractivity contribution < 1.29 is 8.83 Å². The van der Waals surface area contributed by atoms with Gasteiger partial charge in [-0.05, 0) is 113 Å². The van der Waals surface area contributed by atoms with Crippen LogP contribution in [0.5, 0.6) is 0 Å². The maximum absolute atomic E-state index is 6.44. The van der Waals surface area contributed by atoms with Crippen LogP contribution in [-0.4, -0.2) is 0 Å². The van der Waals surface area contributed by atoms with E-state index in [0.717, 1.165) is 55.0 Å². The van der Waals surface area contributed by atoms with Crippen LogP contribution in [-0.2, 0) is 0 Å². The largest absolute Gasteiger partial charge is 0.456 e. The third-order valence-corrected chi connectivity index (χ3v) is 11.4. The smallest absolute Gasteiger partial charge is 0.139 e. The quantitative estimate of drug-likeness (QED) is 0.173. The summed E-state index contributed by atoms with van der Waals surface area (Å²) in [6.45, 7) is 0. The molecule has 0 N–H and O–H groups in total. The molecule has 0 fully saturated rings. The summed E-state index contributed by atoms with van der Waals surface area (Å²) in [6.07, 6.45) is 0. The highest BCUT2D eigenvalue weighted by molar-refractivity contribution is 6.24. The first-order valence-corrected chi connectivity index (χ1v) is 18.5. The monoisotopic (exact) mass is 686 g/mol. The van der Waals surface area contributed by atoms with E-state index < -0.39 is 0 Å².